The van der Waals surface area contributed by atoms with Crippen molar-refractivity contribution in [2.24, 2.45) is 11.8 Å². The fraction of sp³-hybridized carbons (Fsp3) is 1.00. The third-order valence-corrected chi connectivity index (χ3v) is 3.74. The van der Waals surface area contributed by atoms with E-state index in [-0.39, 0.29) is 0 Å². The Morgan fingerprint density at radius 2 is 2.00 bits per heavy atom. The molecule has 3 heteroatoms. The quantitative estimate of drug-likeness (QED) is 0.786. The molecule has 2 rings (SSSR count). The lowest BCUT2D eigenvalue weighted by Gasteiger charge is -2.36. The number of piperidine rings is 1. The molecule has 16 heavy (non-hydrogen) atoms. The standard InChI is InChI=1S/C13H26N2O/c1-11-7-12(2)9-15(8-11)5-3-13-10-16-6-4-14-13/h11-14H,3-10H2,1-2H3. The number of morpholine rings is 1. The van der Waals surface area contributed by atoms with Crippen molar-refractivity contribution in [2.45, 2.75) is 32.7 Å². The number of hydrogen-bond donors (Lipinski definition) is 1. The molecule has 2 heterocycles. The predicted molar refractivity (Wildman–Crippen MR) is 66.6 cm³/mol. The molecule has 0 aromatic carbocycles. The zero-order valence-electron chi connectivity index (χ0n) is 10.7. The van der Waals surface area contributed by atoms with Crippen molar-refractivity contribution in [1.82, 2.24) is 10.2 Å². The molecule has 0 radical (unpaired) electrons. The van der Waals surface area contributed by atoms with Crippen molar-refractivity contribution in [2.75, 3.05) is 39.4 Å². The largest absolute Gasteiger partial charge is 0.379 e. The molecule has 0 spiro atoms. The molecule has 0 aromatic heterocycles. The molecule has 0 aliphatic carbocycles. The van der Waals surface area contributed by atoms with Crippen LogP contribution in [0.2, 0.25) is 0 Å². The van der Waals surface area contributed by atoms with Gasteiger partial charge in [0.2, 0.25) is 0 Å². The first kappa shape index (κ1) is 12.3. The first-order chi connectivity index (χ1) is 7.74. The maximum Gasteiger partial charge on any atom is 0.0620 e. The predicted octanol–water partition coefficient (Wildman–Crippen LogP) is 1.34. The minimum atomic E-state index is 0.585. The molecule has 2 saturated heterocycles. The van der Waals surface area contributed by atoms with Crippen molar-refractivity contribution >= 4 is 0 Å². The molecule has 2 aliphatic rings. The van der Waals surface area contributed by atoms with Gasteiger partial charge in [0.1, 0.15) is 0 Å². The lowest BCUT2D eigenvalue weighted by Crippen LogP contribution is -2.45. The molecule has 94 valence electrons. The second-order valence-electron chi connectivity index (χ2n) is 5.72. The maximum absolute atomic E-state index is 5.48. The Labute approximate surface area is 99.5 Å². The lowest BCUT2D eigenvalue weighted by atomic mass is 9.92. The van der Waals surface area contributed by atoms with Gasteiger partial charge in [-0.25, -0.2) is 0 Å². The minimum absolute atomic E-state index is 0.585. The van der Waals surface area contributed by atoms with Crippen LogP contribution in [0.5, 0.6) is 0 Å². The van der Waals surface area contributed by atoms with Crippen LogP contribution in [-0.2, 0) is 4.74 Å². The van der Waals surface area contributed by atoms with E-state index in [1.54, 1.807) is 0 Å². The fourth-order valence-electron chi connectivity index (χ4n) is 3.12. The second kappa shape index (κ2) is 5.99. The lowest BCUT2D eigenvalue weighted by molar-refractivity contribution is 0.0645. The van der Waals surface area contributed by atoms with Crippen LogP contribution in [0.25, 0.3) is 0 Å². The summed E-state index contributed by atoms with van der Waals surface area (Å²) in [6.45, 7) is 11.4. The Morgan fingerprint density at radius 3 is 2.62 bits per heavy atom. The van der Waals surface area contributed by atoms with Crippen molar-refractivity contribution in [3.8, 4) is 0 Å². The van der Waals surface area contributed by atoms with Gasteiger partial charge in [-0.05, 0) is 31.2 Å². The van der Waals surface area contributed by atoms with Crippen molar-refractivity contribution < 1.29 is 4.74 Å². The van der Waals surface area contributed by atoms with Crippen LogP contribution < -0.4 is 5.32 Å². The zero-order valence-corrected chi connectivity index (χ0v) is 10.7. The molecular weight excluding hydrogens is 200 g/mol. The van der Waals surface area contributed by atoms with E-state index in [4.69, 9.17) is 4.74 Å². The zero-order chi connectivity index (χ0) is 11.4. The Hall–Kier alpha value is -0.120. The average molecular weight is 226 g/mol. The molecule has 3 nitrogen and oxygen atoms in total. The van der Waals surface area contributed by atoms with Crippen LogP contribution in [0.3, 0.4) is 0 Å². The van der Waals surface area contributed by atoms with Crippen molar-refractivity contribution in [3.63, 3.8) is 0 Å². The van der Waals surface area contributed by atoms with Crippen LogP contribution >= 0.6 is 0 Å². The van der Waals surface area contributed by atoms with Gasteiger partial charge >= 0.3 is 0 Å². The van der Waals surface area contributed by atoms with Gasteiger partial charge in [-0.2, -0.15) is 0 Å². The van der Waals surface area contributed by atoms with Gasteiger partial charge in [-0.3, -0.25) is 0 Å². The Morgan fingerprint density at radius 1 is 1.25 bits per heavy atom. The highest BCUT2D eigenvalue weighted by Gasteiger charge is 2.22. The van der Waals surface area contributed by atoms with Gasteiger partial charge in [0.05, 0.1) is 13.2 Å². The summed E-state index contributed by atoms with van der Waals surface area (Å²) in [4.78, 5) is 2.63. The molecule has 1 N–H and O–H groups in total. The number of ether oxygens (including phenoxy) is 1. The molecule has 3 atom stereocenters. The van der Waals surface area contributed by atoms with E-state index in [1.165, 1.54) is 32.5 Å². The smallest absolute Gasteiger partial charge is 0.0620 e. The molecule has 0 aromatic rings. The third-order valence-electron chi connectivity index (χ3n) is 3.74. The van der Waals surface area contributed by atoms with Gasteiger partial charge < -0.3 is 15.0 Å². The summed E-state index contributed by atoms with van der Waals surface area (Å²) < 4.78 is 5.48. The Balaban J connectivity index is 1.68. The van der Waals surface area contributed by atoms with Gasteiger partial charge in [0.25, 0.3) is 0 Å². The SMILES string of the molecule is CC1CC(C)CN(CCC2COCCN2)C1. The van der Waals surface area contributed by atoms with E-state index >= 15 is 0 Å². The third kappa shape index (κ3) is 3.72. The summed E-state index contributed by atoms with van der Waals surface area (Å²) >= 11 is 0. The first-order valence-electron chi connectivity index (χ1n) is 6.77. The van der Waals surface area contributed by atoms with Crippen molar-refractivity contribution in [1.29, 1.82) is 0 Å². The van der Waals surface area contributed by atoms with Gasteiger partial charge in [0.15, 0.2) is 0 Å². The molecule has 3 unspecified atom stereocenters. The van der Waals surface area contributed by atoms with E-state index in [0.717, 1.165) is 31.6 Å². The first-order valence-corrected chi connectivity index (χ1v) is 6.77. The van der Waals surface area contributed by atoms with E-state index in [0.29, 0.717) is 6.04 Å². The molecule has 0 amide bonds. The van der Waals surface area contributed by atoms with E-state index in [2.05, 4.69) is 24.1 Å². The van der Waals surface area contributed by atoms with E-state index in [1.807, 2.05) is 0 Å². The molecular formula is C13H26N2O. The van der Waals surface area contributed by atoms with E-state index in [9.17, 15) is 0 Å². The maximum atomic E-state index is 5.48. The second-order valence-corrected chi connectivity index (χ2v) is 5.72. The van der Waals surface area contributed by atoms with Crippen LogP contribution in [-0.4, -0.2) is 50.3 Å². The number of nitrogens with zero attached hydrogens (tertiary/aromatic N) is 1. The van der Waals surface area contributed by atoms with Crippen LogP contribution in [0.4, 0.5) is 0 Å². The topological polar surface area (TPSA) is 24.5 Å². The van der Waals surface area contributed by atoms with Crippen LogP contribution in [0.1, 0.15) is 26.7 Å². The average Bonchev–Trinajstić information content (AvgIpc) is 2.27. The molecule has 0 saturated carbocycles. The van der Waals surface area contributed by atoms with E-state index < -0.39 is 0 Å². The van der Waals surface area contributed by atoms with Gasteiger partial charge in [-0.15, -0.1) is 0 Å². The summed E-state index contributed by atoms with van der Waals surface area (Å²) in [5, 5.41) is 3.53. The summed E-state index contributed by atoms with van der Waals surface area (Å²) in [6, 6.07) is 0.585. The molecule has 0 bridgehead atoms. The number of rotatable bonds is 3. The normalized spacial score (nSPS) is 37.5. The highest BCUT2D eigenvalue weighted by atomic mass is 16.5. The molecule has 2 aliphatic heterocycles. The van der Waals surface area contributed by atoms with Gasteiger partial charge in [0, 0.05) is 25.7 Å². The summed E-state index contributed by atoms with van der Waals surface area (Å²) in [7, 11) is 0. The highest BCUT2D eigenvalue weighted by molar-refractivity contribution is 4.77. The highest BCUT2D eigenvalue weighted by Crippen LogP contribution is 2.21. The number of hydrogen-bond acceptors (Lipinski definition) is 3. The summed E-state index contributed by atoms with van der Waals surface area (Å²) in [6.07, 6.45) is 2.64. The Kier molecular flexibility index (Phi) is 4.62. The minimum Gasteiger partial charge on any atom is -0.379 e. The fourth-order valence-corrected chi connectivity index (χ4v) is 3.12. The van der Waals surface area contributed by atoms with Gasteiger partial charge in [-0.1, -0.05) is 13.8 Å². The Bertz CT molecular complexity index is 194. The number of nitrogens with one attached hydrogen (secondary N) is 1. The summed E-state index contributed by atoms with van der Waals surface area (Å²) in [5.41, 5.74) is 0. The van der Waals surface area contributed by atoms with Crippen LogP contribution in [0.15, 0.2) is 0 Å². The van der Waals surface area contributed by atoms with Crippen molar-refractivity contribution in [3.05, 3.63) is 0 Å². The monoisotopic (exact) mass is 226 g/mol. The summed E-state index contributed by atoms with van der Waals surface area (Å²) in [5.74, 6) is 1.75. The number of likely N-dealkylation sites (tertiary alicyclic amines) is 1. The molecule has 2 fully saturated rings. The van der Waals surface area contributed by atoms with Crippen LogP contribution in [0, 0.1) is 11.8 Å².